The highest BCUT2D eigenvalue weighted by molar-refractivity contribution is 5.42. The Labute approximate surface area is 109 Å². The van der Waals surface area contributed by atoms with Crippen molar-refractivity contribution in [3.63, 3.8) is 0 Å². The van der Waals surface area contributed by atoms with Gasteiger partial charge in [0.25, 0.3) is 0 Å². The highest BCUT2D eigenvalue weighted by Gasteiger charge is 2.16. The van der Waals surface area contributed by atoms with Crippen LogP contribution in [-0.4, -0.2) is 16.0 Å². The predicted molar refractivity (Wildman–Crippen MR) is 74.2 cm³/mol. The van der Waals surface area contributed by atoms with Crippen LogP contribution < -0.4 is 16.6 Å². The SMILES string of the molecule is Cc1cc(NC2CCCC(C)CC2)nc(NN)n1. The average molecular weight is 249 g/mol. The van der Waals surface area contributed by atoms with Gasteiger partial charge in [-0.1, -0.05) is 19.8 Å². The Balaban J connectivity index is 2.01. The van der Waals surface area contributed by atoms with Crippen LogP contribution >= 0.6 is 0 Å². The molecule has 5 heteroatoms. The second-order valence-electron chi connectivity index (χ2n) is 5.32. The number of nitrogens with two attached hydrogens (primary N) is 1. The summed E-state index contributed by atoms with van der Waals surface area (Å²) in [7, 11) is 0. The molecule has 1 fully saturated rings. The molecular formula is C13H23N5. The number of rotatable bonds is 3. The molecule has 1 aromatic rings. The van der Waals surface area contributed by atoms with E-state index in [0.29, 0.717) is 12.0 Å². The Morgan fingerprint density at radius 1 is 1.22 bits per heavy atom. The molecule has 5 nitrogen and oxygen atoms in total. The van der Waals surface area contributed by atoms with Crippen molar-refractivity contribution in [2.75, 3.05) is 10.7 Å². The van der Waals surface area contributed by atoms with Crippen molar-refractivity contribution in [3.8, 4) is 0 Å². The summed E-state index contributed by atoms with van der Waals surface area (Å²) < 4.78 is 0. The van der Waals surface area contributed by atoms with E-state index in [2.05, 4.69) is 27.6 Å². The zero-order chi connectivity index (χ0) is 13.0. The molecule has 0 amide bonds. The third kappa shape index (κ3) is 3.57. The summed E-state index contributed by atoms with van der Waals surface area (Å²) in [5.41, 5.74) is 3.42. The van der Waals surface area contributed by atoms with Crippen LogP contribution in [0.1, 0.15) is 44.7 Å². The Bertz CT molecular complexity index is 393. The second kappa shape index (κ2) is 6.00. The van der Waals surface area contributed by atoms with Gasteiger partial charge in [-0.05, 0) is 32.1 Å². The molecule has 1 heterocycles. The Kier molecular flexibility index (Phi) is 4.36. The Morgan fingerprint density at radius 3 is 2.83 bits per heavy atom. The first-order valence-electron chi connectivity index (χ1n) is 6.76. The van der Waals surface area contributed by atoms with Crippen LogP contribution in [0.25, 0.3) is 0 Å². The van der Waals surface area contributed by atoms with Crippen LogP contribution in [0.15, 0.2) is 6.07 Å². The molecule has 1 aromatic heterocycles. The van der Waals surface area contributed by atoms with E-state index in [0.717, 1.165) is 17.4 Å². The minimum atomic E-state index is 0.472. The molecule has 0 bridgehead atoms. The minimum absolute atomic E-state index is 0.472. The van der Waals surface area contributed by atoms with Crippen molar-refractivity contribution in [3.05, 3.63) is 11.8 Å². The van der Waals surface area contributed by atoms with E-state index < -0.39 is 0 Å². The van der Waals surface area contributed by atoms with Crippen LogP contribution in [-0.2, 0) is 0 Å². The largest absolute Gasteiger partial charge is 0.367 e. The number of nitrogens with one attached hydrogen (secondary N) is 2. The molecule has 1 aliphatic rings. The van der Waals surface area contributed by atoms with E-state index >= 15 is 0 Å². The smallest absolute Gasteiger partial charge is 0.239 e. The summed E-state index contributed by atoms with van der Waals surface area (Å²) in [6.07, 6.45) is 6.37. The molecule has 0 saturated heterocycles. The molecule has 2 atom stereocenters. The highest BCUT2D eigenvalue weighted by Crippen LogP contribution is 2.24. The van der Waals surface area contributed by atoms with Gasteiger partial charge in [-0.3, -0.25) is 5.43 Å². The fourth-order valence-corrected chi connectivity index (χ4v) is 2.55. The quantitative estimate of drug-likeness (QED) is 0.436. The lowest BCUT2D eigenvalue weighted by Crippen LogP contribution is -2.20. The Hall–Kier alpha value is -1.36. The topological polar surface area (TPSA) is 75.9 Å². The van der Waals surface area contributed by atoms with Gasteiger partial charge >= 0.3 is 0 Å². The summed E-state index contributed by atoms with van der Waals surface area (Å²) in [4.78, 5) is 8.53. The van der Waals surface area contributed by atoms with Crippen LogP contribution in [0.4, 0.5) is 11.8 Å². The monoisotopic (exact) mass is 249 g/mol. The summed E-state index contributed by atoms with van der Waals surface area (Å²) in [5, 5.41) is 3.51. The number of hydrogen-bond donors (Lipinski definition) is 3. The zero-order valence-electron chi connectivity index (χ0n) is 11.2. The van der Waals surface area contributed by atoms with Crippen molar-refractivity contribution in [1.29, 1.82) is 0 Å². The fourth-order valence-electron chi connectivity index (χ4n) is 2.55. The molecule has 0 aliphatic heterocycles. The average Bonchev–Trinajstić information content (AvgIpc) is 2.54. The molecule has 1 aliphatic carbocycles. The lowest BCUT2D eigenvalue weighted by Gasteiger charge is -2.17. The van der Waals surface area contributed by atoms with Gasteiger partial charge in [0.15, 0.2) is 0 Å². The predicted octanol–water partition coefficient (Wildman–Crippen LogP) is 2.45. The normalized spacial score (nSPS) is 24.4. The van der Waals surface area contributed by atoms with Crippen LogP contribution in [0.3, 0.4) is 0 Å². The van der Waals surface area contributed by atoms with E-state index in [1.165, 1.54) is 32.1 Å². The number of aromatic nitrogens is 2. The van der Waals surface area contributed by atoms with Crippen LogP contribution in [0.2, 0.25) is 0 Å². The minimum Gasteiger partial charge on any atom is -0.367 e. The molecule has 18 heavy (non-hydrogen) atoms. The molecule has 2 rings (SSSR count). The number of nitrogen functional groups attached to an aromatic ring is 1. The number of aryl methyl sites for hydroxylation is 1. The van der Waals surface area contributed by atoms with Crippen molar-refractivity contribution in [2.45, 2.75) is 52.0 Å². The molecule has 2 unspecified atom stereocenters. The third-order valence-electron chi connectivity index (χ3n) is 3.59. The fraction of sp³-hybridized carbons (Fsp3) is 0.692. The number of nitrogens with zero attached hydrogens (tertiary/aromatic N) is 2. The van der Waals surface area contributed by atoms with Gasteiger partial charge < -0.3 is 5.32 Å². The number of hydrogen-bond acceptors (Lipinski definition) is 5. The standard InChI is InChI=1S/C13H23N5/c1-9-4-3-5-11(7-6-9)16-12-8-10(2)15-13(17-12)18-14/h8-9,11H,3-7,14H2,1-2H3,(H2,15,16,17,18). The van der Waals surface area contributed by atoms with Crippen LogP contribution in [0.5, 0.6) is 0 Å². The van der Waals surface area contributed by atoms with Gasteiger partial charge in [0.2, 0.25) is 5.95 Å². The van der Waals surface area contributed by atoms with Crippen molar-refractivity contribution >= 4 is 11.8 Å². The maximum atomic E-state index is 5.36. The van der Waals surface area contributed by atoms with Gasteiger partial charge in [0.05, 0.1) is 0 Å². The van der Waals surface area contributed by atoms with E-state index in [1.807, 2.05) is 13.0 Å². The third-order valence-corrected chi connectivity index (χ3v) is 3.59. The van der Waals surface area contributed by atoms with Gasteiger partial charge in [-0.2, -0.15) is 4.98 Å². The molecule has 0 aromatic carbocycles. The molecule has 4 N–H and O–H groups in total. The molecular weight excluding hydrogens is 226 g/mol. The number of anilines is 2. The maximum absolute atomic E-state index is 5.36. The van der Waals surface area contributed by atoms with Crippen LogP contribution in [0, 0.1) is 12.8 Å². The summed E-state index contributed by atoms with van der Waals surface area (Å²) in [6.45, 7) is 4.29. The lowest BCUT2D eigenvalue weighted by molar-refractivity contribution is 0.502. The van der Waals surface area contributed by atoms with E-state index in [9.17, 15) is 0 Å². The van der Waals surface area contributed by atoms with Gasteiger partial charge in [-0.15, -0.1) is 0 Å². The van der Waals surface area contributed by atoms with E-state index in [4.69, 9.17) is 5.84 Å². The molecule has 0 spiro atoms. The summed E-state index contributed by atoms with van der Waals surface area (Å²) in [5.74, 6) is 7.56. The second-order valence-corrected chi connectivity index (χ2v) is 5.32. The highest BCUT2D eigenvalue weighted by atomic mass is 15.3. The first-order valence-corrected chi connectivity index (χ1v) is 6.76. The van der Waals surface area contributed by atoms with Crippen molar-refractivity contribution in [1.82, 2.24) is 9.97 Å². The first-order chi connectivity index (χ1) is 8.67. The Morgan fingerprint density at radius 2 is 2.06 bits per heavy atom. The molecule has 1 saturated carbocycles. The van der Waals surface area contributed by atoms with Gasteiger partial charge in [0.1, 0.15) is 5.82 Å². The maximum Gasteiger partial charge on any atom is 0.239 e. The zero-order valence-corrected chi connectivity index (χ0v) is 11.2. The molecule has 0 radical (unpaired) electrons. The van der Waals surface area contributed by atoms with Gasteiger partial charge in [0, 0.05) is 17.8 Å². The lowest BCUT2D eigenvalue weighted by atomic mass is 10.0. The number of hydrazine groups is 1. The van der Waals surface area contributed by atoms with E-state index in [-0.39, 0.29) is 0 Å². The summed E-state index contributed by atoms with van der Waals surface area (Å²) >= 11 is 0. The van der Waals surface area contributed by atoms with Crippen molar-refractivity contribution in [2.24, 2.45) is 11.8 Å². The summed E-state index contributed by atoms with van der Waals surface area (Å²) in [6, 6.07) is 2.49. The van der Waals surface area contributed by atoms with Gasteiger partial charge in [-0.25, -0.2) is 10.8 Å². The van der Waals surface area contributed by atoms with E-state index in [1.54, 1.807) is 0 Å². The van der Waals surface area contributed by atoms with Crippen molar-refractivity contribution < 1.29 is 0 Å². The first kappa shape index (κ1) is 13.1. The molecule has 100 valence electrons.